The molecule has 36 heavy (non-hydrogen) atoms. The Balaban J connectivity index is 1.30. The third kappa shape index (κ3) is 4.58. The Morgan fingerprint density at radius 3 is 1.19 bits per heavy atom. The van der Waals surface area contributed by atoms with Gasteiger partial charge in [-0.05, 0) is 52.0 Å². The third-order valence-electron chi connectivity index (χ3n) is 7.39. The van der Waals surface area contributed by atoms with Crippen LogP contribution in [0.25, 0.3) is 0 Å². The van der Waals surface area contributed by atoms with Gasteiger partial charge in [-0.15, -0.1) is 0 Å². The van der Waals surface area contributed by atoms with Crippen molar-refractivity contribution in [2.45, 2.75) is 77.0 Å². The van der Waals surface area contributed by atoms with Crippen molar-refractivity contribution in [2.75, 3.05) is 36.0 Å². The monoisotopic (exact) mass is 498 g/mol. The fraction of sp³-hybridized carbons (Fsp3) is 0.615. The lowest BCUT2D eigenvalue weighted by atomic mass is 10.1. The number of carbonyl (C=O) groups is 4. The summed E-state index contributed by atoms with van der Waals surface area (Å²) < 4.78 is 11.5. The van der Waals surface area contributed by atoms with Crippen LogP contribution in [0.15, 0.2) is 24.3 Å². The van der Waals surface area contributed by atoms with Crippen LogP contribution >= 0.6 is 0 Å². The van der Waals surface area contributed by atoms with Crippen LogP contribution in [0.3, 0.4) is 0 Å². The maximum atomic E-state index is 13.2. The first-order valence-corrected chi connectivity index (χ1v) is 12.7. The number of hydrogen-bond acceptors (Lipinski definition) is 8. The van der Waals surface area contributed by atoms with E-state index in [4.69, 9.17) is 9.47 Å². The molecule has 0 N–H and O–H groups in total. The predicted octanol–water partition coefficient (Wildman–Crippen LogP) is 1.17. The molecule has 10 heteroatoms. The van der Waals surface area contributed by atoms with Crippen molar-refractivity contribution >= 4 is 35.0 Å². The molecule has 0 spiro atoms. The van der Waals surface area contributed by atoms with Gasteiger partial charge in [0.2, 0.25) is 11.8 Å². The molecule has 4 fully saturated rings. The van der Waals surface area contributed by atoms with Crippen molar-refractivity contribution in [2.24, 2.45) is 0 Å². The lowest BCUT2D eigenvalue weighted by Crippen LogP contribution is -2.52. The zero-order chi connectivity index (χ0) is 25.7. The second-order valence-electron chi connectivity index (χ2n) is 10.5. The van der Waals surface area contributed by atoms with E-state index < -0.39 is 12.1 Å². The van der Waals surface area contributed by atoms with Gasteiger partial charge >= 0.3 is 0 Å². The Morgan fingerprint density at radius 2 is 0.889 bits per heavy atom. The summed E-state index contributed by atoms with van der Waals surface area (Å²) in [6.45, 7) is 10.3. The second kappa shape index (κ2) is 9.66. The highest BCUT2D eigenvalue weighted by Gasteiger charge is 2.46. The van der Waals surface area contributed by atoms with E-state index in [0.717, 1.165) is 0 Å². The number of nitrogens with zero attached hydrogens (tertiary/aromatic N) is 4. The van der Waals surface area contributed by atoms with Crippen molar-refractivity contribution in [3.63, 3.8) is 0 Å². The van der Waals surface area contributed by atoms with E-state index >= 15 is 0 Å². The van der Waals surface area contributed by atoms with Crippen LogP contribution in [0.1, 0.15) is 40.5 Å². The van der Waals surface area contributed by atoms with E-state index in [1.165, 1.54) is 9.80 Å². The van der Waals surface area contributed by atoms with Crippen molar-refractivity contribution in [1.29, 1.82) is 0 Å². The van der Waals surface area contributed by atoms with E-state index in [9.17, 15) is 19.2 Å². The SMILES string of the molecule is C[C@@H]1CN([C@@H]2CC(=O)N(c3ccc(N4C(=O)C[C@H](N5C[C@@H](C)O[C@@H](C)C5)C4=O)cc3)C2=O)C[C@@H](C)O1. The van der Waals surface area contributed by atoms with Gasteiger partial charge in [0, 0.05) is 26.2 Å². The fourth-order valence-corrected chi connectivity index (χ4v) is 6.04. The van der Waals surface area contributed by atoms with Gasteiger partial charge in [0.15, 0.2) is 0 Å². The zero-order valence-corrected chi connectivity index (χ0v) is 21.3. The minimum Gasteiger partial charge on any atom is -0.373 e. The first-order valence-electron chi connectivity index (χ1n) is 12.7. The molecule has 0 saturated carbocycles. The minimum atomic E-state index is -0.508. The molecular weight excluding hydrogens is 464 g/mol. The maximum Gasteiger partial charge on any atom is 0.251 e. The lowest BCUT2D eigenvalue weighted by Gasteiger charge is -2.37. The lowest BCUT2D eigenvalue weighted by molar-refractivity contribution is -0.128. The molecule has 1 aromatic carbocycles. The molecule has 0 unspecified atom stereocenters. The van der Waals surface area contributed by atoms with Crippen LogP contribution in [0.5, 0.6) is 0 Å². The van der Waals surface area contributed by atoms with Gasteiger partial charge in [-0.1, -0.05) is 0 Å². The number of carbonyl (C=O) groups excluding carboxylic acids is 4. The summed E-state index contributed by atoms with van der Waals surface area (Å²) in [6.07, 6.45) is 0.227. The quantitative estimate of drug-likeness (QED) is 0.571. The number of amides is 4. The Kier molecular flexibility index (Phi) is 6.71. The fourth-order valence-electron chi connectivity index (χ4n) is 6.04. The average molecular weight is 499 g/mol. The Labute approximate surface area is 211 Å². The second-order valence-corrected chi connectivity index (χ2v) is 10.5. The van der Waals surface area contributed by atoms with Crippen molar-refractivity contribution < 1.29 is 28.7 Å². The molecule has 4 aliphatic rings. The predicted molar refractivity (Wildman–Crippen MR) is 131 cm³/mol. The Hall–Kier alpha value is -2.66. The normalized spacial score (nSPS) is 34.8. The van der Waals surface area contributed by atoms with Crippen molar-refractivity contribution in [1.82, 2.24) is 9.80 Å². The first kappa shape index (κ1) is 25.0. The Morgan fingerprint density at radius 1 is 0.583 bits per heavy atom. The summed E-state index contributed by atoms with van der Waals surface area (Å²) in [7, 11) is 0. The number of hydrogen-bond donors (Lipinski definition) is 0. The molecular formula is C26H34N4O6. The van der Waals surface area contributed by atoms with Gasteiger partial charge < -0.3 is 9.47 Å². The molecule has 4 saturated heterocycles. The largest absolute Gasteiger partial charge is 0.373 e. The van der Waals surface area contributed by atoms with Gasteiger partial charge in [-0.2, -0.15) is 0 Å². The molecule has 0 aromatic heterocycles. The number of rotatable bonds is 4. The molecule has 10 nitrogen and oxygen atoms in total. The molecule has 5 rings (SSSR count). The van der Waals surface area contributed by atoms with Crippen molar-refractivity contribution in [3.05, 3.63) is 24.3 Å². The number of anilines is 2. The molecule has 4 amide bonds. The summed E-state index contributed by atoms with van der Waals surface area (Å²) in [4.78, 5) is 58.6. The average Bonchev–Trinajstić information content (AvgIpc) is 3.27. The molecule has 0 aliphatic carbocycles. The van der Waals surface area contributed by atoms with Gasteiger partial charge in [0.05, 0.1) is 60.7 Å². The van der Waals surface area contributed by atoms with Crippen LogP contribution in [0.4, 0.5) is 11.4 Å². The third-order valence-corrected chi connectivity index (χ3v) is 7.39. The molecule has 4 aliphatic heterocycles. The number of imide groups is 2. The minimum absolute atomic E-state index is 0.00627. The highest BCUT2D eigenvalue weighted by Crippen LogP contribution is 2.32. The molecule has 1 aromatic rings. The number of benzene rings is 1. The van der Waals surface area contributed by atoms with Crippen LogP contribution in [0, 0.1) is 0 Å². The van der Waals surface area contributed by atoms with Gasteiger partial charge in [0.25, 0.3) is 11.8 Å². The summed E-state index contributed by atoms with van der Waals surface area (Å²) in [5, 5.41) is 0. The zero-order valence-electron chi connectivity index (χ0n) is 21.3. The highest BCUT2D eigenvalue weighted by atomic mass is 16.5. The Bertz CT molecular complexity index is 958. The van der Waals surface area contributed by atoms with Gasteiger partial charge in [-0.25, -0.2) is 9.80 Å². The van der Waals surface area contributed by atoms with E-state index in [0.29, 0.717) is 37.6 Å². The topological polar surface area (TPSA) is 99.7 Å². The molecule has 4 heterocycles. The summed E-state index contributed by atoms with van der Waals surface area (Å²) in [6, 6.07) is 5.50. The molecule has 0 bridgehead atoms. The van der Waals surface area contributed by atoms with Crippen molar-refractivity contribution in [3.8, 4) is 0 Å². The van der Waals surface area contributed by atoms with Gasteiger partial charge in [0.1, 0.15) is 0 Å². The van der Waals surface area contributed by atoms with Crippen LogP contribution in [0.2, 0.25) is 0 Å². The number of ether oxygens (including phenoxy) is 2. The van der Waals surface area contributed by atoms with Crippen LogP contribution in [-0.4, -0.2) is 96.1 Å². The van der Waals surface area contributed by atoms with E-state index in [-0.39, 0.29) is 60.9 Å². The standard InChI is InChI=1S/C26H34N4O6/c1-15-11-27(12-16(2)35-15)21-9-23(31)29(25(21)33)19-5-7-20(8-6-19)30-24(32)10-22(26(30)34)28-13-17(3)36-18(4)14-28/h5-8,15-18,21-22H,9-14H2,1-4H3/t15-,16-,17-,18+,21-,22+/m1/s1. The maximum absolute atomic E-state index is 13.2. The first-order chi connectivity index (χ1) is 17.1. The van der Waals surface area contributed by atoms with E-state index in [1.807, 2.05) is 37.5 Å². The molecule has 194 valence electrons. The van der Waals surface area contributed by atoms with E-state index in [1.54, 1.807) is 24.3 Å². The van der Waals surface area contributed by atoms with Gasteiger partial charge in [-0.3, -0.25) is 29.0 Å². The summed E-state index contributed by atoms with van der Waals surface area (Å²) >= 11 is 0. The summed E-state index contributed by atoms with van der Waals surface area (Å²) in [5.74, 6) is -1.02. The van der Waals surface area contributed by atoms with Crippen LogP contribution < -0.4 is 9.80 Å². The smallest absolute Gasteiger partial charge is 0.251 e. The molecule has 0 radical (unpaired) electrons. The van der Waals surface area contributed by atoms with E-state index in [2.05, 4.69) is 0 Å². The highest BCUT2D eigenvalue weighted by molar-refractivity contribution is 6.24. The molecule has 6 atom stereocenters. The van der Waals surface area contributed by atoms with Crippen LogP contribution in [-0.2, 0) is 28.7 Å². The number of morpholine rings is 2. The summed E-state index contributed by atoms with van der Waals surface area (Å²) in [5.41, 5.74) is 0.883.